The zero-order valence-electron chi connectivity index (χ0n) is 11.2. The van der Waals surface area contributed by atoms with Gasteiger partial charge in [-0.2, -0.15) is 5.26 Å². The number of nitro groups is 1. The second kappa shape index (κ2) is 6.50. The Balaban J connectivity index is 2.27. The van der Waals surface area contributed by atoms with E-state index in [1.807, 2.05) is 30.3 Å². The van der Waals surface area contributed by atoms with Crippen molar-refractivity contribution in [1.82, 2.24) is 0 Å². The van der Waals surface area contributed by atoms with Gasteiger partial charge < -0.3 is 11.1 Å². The van der Waals surface area contributed by atoms with Gasteiger partial charge in [0.25, 0.3) is 5.69 Å². The van der Waals surface area contributed by atoms with Crippen molar-refractivity contribution in [3.63, 3.8) is 0 Å². The Labute approximate surface area is 122 Å². The Morgan fingerprint density at radius 1 is 1.24 bits per heavy atom. The van der Waals surface area contributed by atoms with E-state index in [9.17, 15) is 10.1 Å². The van der Waals surface area contributed by atoms with E-state index in [1.165, 1.54) is 18.2 Å². The third-order valence-electron chi connectivity index (χ3n) is 3.13. The van der Waals surface area contributed by atoms with Gasteiger partial charge in [-0.05, 0) is 23.3 Å². The van der Waals surface area contributed by atoms with Gasteiger partial charge in [0, 0.05) is 19.2 Å². The van der Waals surface area contributed by atoms with Crippen LogP contribution in [0.5, 0.6) is 0 Å². The summed E-state index contributed by atoms with van der Waals surface area (Å²) in [5.74, 6) is 0. The molecule has 0 saturated carbocycles. The Morgan fingerprint density at radius 3 is 2.57 bits per heavy atom. The van der Waals surface area contributed by atoms with Crippen LogP contribution in [0.2, 0.25) is 0 Å². The third kappa shape index (κ3) is 3.35. The summed E-state index contributed by atoms with van der Waals surface area (Å²) in [6.45, 7) is 0.807. The molecule has 0 radical (unpaired) electrons. The lowest BCUT2D eigenvalue weighted by molar-refractivity contribution is -0.384. The summed E-state index contributed by atoms with van der Waals surface area (Å²) in [6, 6.07) is 13.8. The standard InChI is InChI=1S/C15H14N4O2/c16-8-11-5-6-15(19(20)21)14(7-11)18-10-13-4-2-1-3-12(13)9-17/h1-7,18H,9-10,17H2. The minimum atomic E-state index is -0.474. The van der Waals surface area contributed by atoms with Crippen LogP contribution < -0.4 is 11.1 Å². The zero-order chi connectivity index (χ0) is 15.2. The molecule has 0 aliphatic rings. The Hall–Kier alpha value is -2.91. The first-order valence-electron chi connectivity index (χ1n) is 6.35. The van der Waals surface area contributed by atoms with Gasteiger partial charge in [-0.15, -0.1) is 0 Å². The topological polar surface area (TPSA) is 105 Å². The number of nitro benzene ring substituents is 1. The van der Waals surface area contributed by atoms with Crippen LogP contribution in [0.4, 0.5) is 11.4 Å². The molecule has 3 N–H and O–H groups in total. The lowest BCUT2D eigenvalue weighted by Crippen LogP contribution is -2.07. The summed E-state index contributed by atoms with van der Waals surface area (Å²) < 4.78 is 0. The van der Waals surface area contributed by atoms with Gasteiger partial charge in [0.05, 0.1) is 16.6 Å². The lowest BCUT2D eigenvalue weighted by atomic mass is 10.1. The molecule has 0 atom stereocenters. The predicted molar refractivity (Wildman–Crippen MR) is 79.5 cm³/mol. The van der Waals surface area contributed by atoms with Crippen molar-refractivity contribution in [3.8, 4) is 6.07 Å². The highest BCUT2D eigenvalue weighted by molar-refractivity contribution is 5.64. The maximum absolute atomic E-state index is 11.0. The molecule has 0 spiro atoms. The number of nitriles is 1. The normalized spacial score (nSPS) is 9.90. The average molecular weight is 282 g/mol. The van der Waals surface area contributed by atoms with Crippen molar-refractivity contribution in [2.75, 3.05) is 5.32 Å². The van der Waals surface area contributed by atoms with E-state index < -0.39 is 4.92 Å². The molecular formula is C15H14N4O2. The Morgan fingerprint density at radius 2 is 1.95 bits per heavy atom. The number of nitrogens with two attached hydrogens (primary N) is 1. The Bertz CT molecular complexity index is 707. The maximum Gasteiger partial charge on any atom is 0.292 e. The van der Waals surface area contributed by atoms with Gasteiger partial charge in [0.2, 0.25) is 0 Å². The zero-order valence-corrected chi connectivity index (χ0v) is 11.2. The first-order valence-corrected chi connectivity index (χ1v) is 6.35. The van der Waals surface area contributed by atoms with Crippen LogP contribution in [-0.2, 0) is 13.1 Å². The minimum Gasteiger partial charge on any atom is -0.375 e. The fourth-order valence-electron chi connectivity index (χ4n) is 2.03. The summed E-state index contributed by atoms with van der Waals surface area (Å²) in [4.78, 5) is 10.5. The average Bonchev–Trinajstić information content (AvgIpc) is 2.52. The molecule has 0 bridgehead atoms. The molecular weight excluding hydrogens is 268 g/mol. The first-order chi connectivity index (χ1) is 10.2. The van der Waals surface area contributed by atoms with Crippen LogP contribution in [-0.4, -0.2) is 4.92 Å². The van der Waals surface area contributed by atoms with Gasteiger partial charge in [-0.1, -0.05) is 24.3 Å². The molecule has 106 valence electrons. The third-order valence-corrected chi connectivity index (χ3v) is 3.13. The number of benzene rings is 2. The predicted octanol–water partition coefficient (Wildman–Crippen LogP) is 2.54. The molecule has 6 nitrogen and oxygen atoms in total. The number of rotatable bonds is 5. The highest BCUT2D eigenvalue weighted by atomic mass is 16.6. The molecule has 0 heterocycles. The van der Waals surface area contributed by atoms with Crippen LogP contribution in [0.1, 0.15) is 16.7 Å². The summed E-state index contributed by atoms with van der Waals surface area (Å²) in [6.07, 6.45) is 0. The monoisotopic (exact) mass is 282 g/mol. The highest BCUT2D eigenvalue weighted by Crippen LogP contribution is 2.26. The lowest BCUT2D eigenvalue weighted by Gasteiger charge is -2.10. The molecule has 21 heavy (non-hydrogen) atoms. The number of hydrogen-bond donors (Lipinski definition) is 2. The molecule has 0 saturated heterocycles. The minimum absolute atomic E-state index is 0.0563. The molecule has 0 fully saturated rings. The van der Waals surface area contributed by atoms with Gasteiger partial charge >= 0.3 is 0 Å². The van der Waals surface area contributed by atoms with Crippen molar-refractivity contribution in [1.29, 1.82) is 5.26 Å². The van der Waals surface area contributed by atoms with Gasteiger partial charge in [-0.25, -0.2) is 0 Å². The van der Waals surface area contributed by atoms with Crippen LogP contribution in [0.15, 0.2) is 42.5 Å². The molecule has 0 aliphatic heterocycles. The van der Waals surface area contributed by atoms with Crippen LogP contribution >= 0.6 is 0 Å². The van der Waals surface area contributed by atoms with E-state index in [4.69, 9.17) is 11.0 Å². The molecule has 0 unspecified atom stereocenters. The van der Waals surface area contributed by atoms with Gasteiger partial charge in [0.1, 0.15) is 5.69 Å². The van der Waals surface area contributed by atoms with E-state index in [0.29, 0.717) is 24.3 Å². The fraction of sp³-hybridized carbons (Fsp3) is 0.133. The molecule has 0 aromatic heterocycles. The van der Waals surface area contributed by atoms with Crippen molar-refractivity contribution in [2.24, 2.45) is 5.73 Å². The summed E-state index contributed by atoms with van der Waals surface area (Å²) in [7, 11) is 0. The summed E-state index contributed by atoms with van der Waals surface area (Å²) in [5.41, 5.74) is 8.25. The summed E-state index contributed by atoms with van der Waals surface area (Å²) in [5, 5.41) is 22.9. The Kier molecular flexibility index (Phi) is 4.49. The molecule has 6 heteroatoms. The molecule has 2 rings (SSSR count). The van der Waals surface area contributed by atoms with Gasteiger partial charge in [-0.3, -0.25) is 10.1 Å². The van der Waals surface area contributed by atoms with Crippen molar-refractivity contribution < 1.29 is 4.92 Å². The molecule has 2 aromatic rings. The van der Waals surface area contributed by atoms with Crippen LogP contribution in [0.25, 0.3) is 0 Å². The van der Waals surface area contributed by atoms with E-state index >= 15 is 0 Å². The number of nitrogens with zero attached hydrogens (tertiary/aromatic N) is 2. The number of nitrogens with one attached hydrogen (secondary N) is 1. The number of hydrogen-bond acceptors (Lipinski definition) is 5. The first kappa shape index (κ1) is 14.5. The second-order valence-electron chi connectivity index (χ2n) is 4.43. The van der Waals surface area contributed by atoms with Crippen LogP contribution in [0, 0.1) is 21.4 Å². The SMILES string of the molecule is N#Cc1ccc([N+](=O)[O-])c(NCc2ccccc2CN)c1. The maximum atomic E-state index is 11.0. The van der Waals surface area contributed by atoms with E-state index in [-0.39, 0.29) is 5.69 Å². The van der Waals surface area contributed by atoms with Crippen molar-refractivity contribution in [3.05, 3.63) is 69.3 Å². The van der Waals surface area contributed by atoms with Crippen molar-refractivity contribution >= 4 is 11.4 Å². The molecule has 2 aromatic carbocycles. The largest absolute Gasteiger partial charge is 0.375 e. The highest BCUT2D eigenvalue weighted by Gasteiger charge is 2.14. The van der Waals surface area contributed by atoms with E-state index in [0.717, 1.165) is 11.1 Å². The molecule has 0 aliphatic carbocycles. The van der Waals surface area contributed by atoms with E-state index in [2.05, 4.69) is 5.32 Å². The molecule has 0 amide bonds. The van der Waals surface area contributed by atoms with Gasteiger partial charge in [0.15, 0.2) is 0 Å². The second-order valence-corrected chi connectivity index (χ2v) is 4.43. The van der Waals surface area contributed by atoms with E-state index in [1.54, 1.807) is 0 Å². The van der Waals surface area contributed by atoms with Crippen molar-refractivity contribution in [2.45, 2.75) is 13.1 Å². The summed E-state index contributed by atoms with van der Waals surface area (Å²) >= 11 is 0. The number of anilines is 1. The quantitative estimate of drug-likeness (QED) is 0.647. The smallest absolute Gasteiger partial charge is 0.292 e. The van der Waals surface area contributed by atoms with Crippen LogP contribution in [0.3, 0.4) is 0 Å². The fourth-order valence-corrected chi connectivity index (χ4v) is 2.03.